The van der Waals surface area contributed by atoms with Gasteiger partial charge in [0.1, 0.15) is 13.2 Å². The van der Waals surface area contributed by atoms with Gasteiger partial charge in [0, 0.05) is 0 Å². The molecule has 0 amide bonds. The van der Waals surface area contributed by atoms with Crippen LogP contribution in [0.1, 0.15) is 40.5 Å². The van der Waals surface area contributed by atoms with Crippen LogP contribution < -0.4 is 0 Å². The van der Waals surface area contributed by atoms with Gasteiger partial charge >= 0.3 is 0 Å². The summed E-state index contributed by atoms with van der Waals surface area (Å²) in [6, 6.07) is 0. The monoisotopic (exact) mass is 234 g/mol. The first kappa shape index (κ1) is 17.2. The van der Waals surface area contributed by atoms with Gasteiger partial charge in [-0.2, -0.15) is 0 Å². The summed E-state index contributed by atoms with van der Waals surface area (Å²) in [5.41, 5.74) is 0. The van der Waals surface area contributed by atoms with Gasteiger partial charge in [-0.15, -0.1) is 9.81 Å². The van der Waals surface area contributed by atoms with Gasteiger partial charge in [-0.25, -0.2) is 0 Å². The van der Waals surface area contributed by atoms with E-state index in [-0.39, 0.29) is 0 Å². The average Bonchev–Trinajstić information content (AvgIpc) is 2.26. The van der Waals surface area contributed by atoms with Crippen LogP contribution in [0.2, 0.25) is 0 Å². The van der Waals surface area contributed by atoms with Gasteiger partial charge in [0.25, 0.3) is 0 Å². The van der Waals surface area contributed by atoms with Crippen LogP contribution in [-0.2, 0) is 9.68 Å². The Hall–Kier alpha value is -1.20. The molecule has 96 valence electrons. The predicted molar refractivity (Wildman–Crippen MR) is 62.4 cm³/mol. The van der Waals surface area contributed by atoms with Crippen molar-refractivity contribution in [3.8, 4) is 0 Å². The highest BCUT2D eigenvalue weighted by Crippen LogP contribution is 1.99. The van der Waals surface area contributed by atoms with Crippen LogP contribution in [0.15, 0.2) is 10.7 Å². The summed E-state index contributed by atoms with van der Waals surface area (Å²) in [5, 5.41) is 4.53. The summed E-state index contributed by atoms with van der Waals surface area (Å²) < 4.78 is 0. The Kier molecular flexibility index (Phi) is 14.8. The lowest BCUT2D eigenvalue weighted by Gasteiger charge is -2.01. The summed E-state index contributed by atoms with van der Waals surface area (Å²) in [6.45, 7) is 9.06. The molecule has 0 rings (SSSR count). The lowest BCUT2D eigenvalue weighted by molar-refractivity contribution is 0.107. The highest BCUT2D eigenvalue weighted by atomic mass is 16.7. The molecular weight excluding hydrogens is 212 g/mol. The molecule has 0 N–H and O–H groups in total. The van der Waals surface area contributed by atoms with Crippen molar-refractivity contribution in [1.82, 2.24) is 0 Å². The minimum absolute atomic E-state index is 0.438. The standard InChI is InChI=1S/2C5H11NO2/c1-5(2)3-4-8-6-7;1-3-5(2)4-8-6-7/h2*5H,3-4H2,1-2H3. The zero-order chi connectivity index (χ0) is 12.8. The Bertz CT molecular complexity index is 165. The van der Waals surface area contributed by atoms with E-state index >= 15 is 0 Å². The number of nitrogens with zero attached hydrogens (tertiary/aromatic N) is 2. The normalized spacial score (nSPS) is 11.1. The van der Waals surface area contributed by atoms with Crippen molar-refractivity contribution < 1.29 is 9.68 Å². The maximum Gasteiger partial charge on any atom is 0.155 e. The minimum Gasteiger partial charge on any atom is -0.364 e. The zero-order valence-electron chi connectivity index (χ0n) is 10.5. The summed E-state index contributed by atoms with van der Waals surface area (Å²) in [7, 11) is 0. The molecule has 16 heavy (non-hydrogen) atoms. The number of hydrogen-bond acceptors (Lipinski definition) is 6. The van der Waals surface area contributed by atoms with Gasteiger partial charge in [0.15, 0.2) is 10.7 Å². The quantitative estimate of drug-likeness (QED) is 0.366. The predicted octanol–water partition coefficient (Wildman–Crippen LogP) is 3.46. The van der Waals surface area contributed by atoms with E-state index in [9.17, 15) is 9.81 Å². The van der Waals surface area contributed by atoms with Gasteiger partial charge < -0.3 is 9.68 Å². The smallest absolute Gasteiger partial charge is 0.155 e. The van der Waals surface area contributed by atoms with Crippen molar-refractivity contribution in [3.63, 3.8) is 0 Å². The fourth-order valence-corrected chi connectivity index (χ4v) is 0.601. The van der Waals surface area contributed by atoms with E-state index in [1.54, 1.807) is 0 Å². The molecule has 0 fully saturated rings. The van der Waals surface area contributed by atoms with E-state index in [1.165, 1.54) is 0 Å². The third-order valence-corrected chi connectivity index (χ3v) is 1.95. The van der Waals surface area contributed by atoms with Crippen LogP contribution in [-0.4, -0.2) is 13.2 Å². The lowest BCUT2D eigenvalue weighted by atomic mass is 10.1. The molecule has 0 aromatic rings. The molecule has 0 aliphatic carbocycles. The number of rotatable bonds is 8. The highest BCUT2D eigenvalue weighted by molar-refractivity contribution is 4.43. The van der Waals surface area contributed by atoms with Gasteiger partial charge in [0.05, 0.1) is 0 Å². The molecule has 1 atom stereocenters. The molecular formula is C10H22N2O4. The largest absolute Gasteiger partial charge is 0.364 e. The first-order chi connectivity index (χ1) is 7.58. The van der Waals surface area contributed by atoms with Gasteiger partial charge in [-0.3, -0.25) is 0 Å². The molecule has 6 heteroatoms. The Morgan fingerprint density at radius 3 is 2.00 bits per heavy atom. The van der Waals surface area contributed by atoms with Crippen LogP contribution in [0.4, 0.5) is 0 Å². The molecule has 0 radical (unpaired) electrons. The number of hydrogen-bond donors (Lipinski definition) is 0. The van der Waals surface area contributed by atoms with Crippen LogP contribution in [0, 0.1) is 21.6 Å². The van der Waals surface area contributed by atoms with E-state index in [4.69, 9.17) is 0 Å². The molecule has 0 bridgehead atoms. The maximum absolute atomic E-state index is 9.35. The van der Waals surface area contributed by atoms with Crippen molar-refractivity contribution in [1.29, 1.82) is 0 Å². The van der Waals surface area contributed by atoms with Crippen molar-refractivity contribution in [2.24, 2.45) is 22.5 Å². The SMILES string of the molecule is CC(C)CCON=O.CCC(C)CON=O. The molecule has 0 saturated heterocycles. The maximum atomic E-state index is 9.35. The molecule has 0 aromatic carbocycles. The highest BCUT2D eigenvalue weighted by Gasteiger charge is 1.96. The zero-order valence-corrected chi connectivity index (χ0v) is 10.5. The second-order valence-corrected chi connectivity index (χ2v) is 3.97. The van der Waals surface area contributed by atoms with E-state index in [0.29, 0.717) is 25.0 Å². The summed E-state index contributed by atoms with van der Waals surface area (Å²) in [4.78, 5) is 27.1. The topological polar surface area (TPSA) is 77.3 Å². The Morgan fingerprint density at radius 1 is 1.06 bits per heavy atom. The molecule has 0 aliphatic rings. The molecule has 0 aliphatic heterocycles. The average molecular weight is 234 g/mol. The molecule has 0 aromatic heterocycles. The Labute approximate surface area is 96.6 Å². The summed E-state index contributed by atoms with van der Waals surface area (Å²) in [6.07, 6.45) is 1.92. The van der Waals surface area contributed by atoms with Gasteiger partial charge in [-0.1, -0.05) is 34.1 Å². The third-order valence-electron chi connectivity index (χ3n) is 1.95. The van der Waals surface area contributed by atoms with Crippen molar-refractivity contribution in [3.05, 3.63) is 9.81 Å². The third kappa shape index (κ3) is 18.6. The molecule has 1 unspecified atom stereocenters. The fraction of sp³-hybridized carbons (Fsp3) is 1.00. The molecule has 0 saturated carbocycles. The van der Waals surface area contributed by atoms with E-state index in [0.717, 1.165) is 12.8 Å². The minimum atomic E-state index is 0.438. The van der Waals surface area contributed by atoms with Crippen LogP contribution in [0.3, 0.4) is 0 Å². The van der Waals surface area contributed by atoms with Crippen LogP contribution in [0.25, 0.3) is 0 Å². The van der Waals surface area contributed by atoms with E-state index < -0.39 is 0 Å². The second kappa shape index (κ2) is 13.8. The molecule has 0 spiro atoms. The summed E-state index contributed by atoms with van der Waals surface area (Å²) in [5.74, 6) is 1.02. The van der Waals surface area contributed by atoms with Gasteiger partial charge in [0.2, 0.25) is 0 Å². The van der Waals surface area contributed by atoms with Crippen LogP contribution in [0.5, 0.6) is 0 Å². The van der Waals surface area contributed by atoms with Crippen molar-refractivity contribution in [2.45, 2.75) is 40.5 Å². The van der Waals surface area contributed by atoms with Crippen molar-refractivity contribution >= 4 is 0 Å². The summed E-state index contributed by atoms with van der Waals surface area (Å²) >= 11 is 0. The first-order valence-corrected chi connectivity index (χ1v) is 5.47. The van der Waals surface area contributed by atoms with Crippen LogP contribution >= 0.6 is 0 Å². The van der Waals surface area contributed by atoms with E-state index in [1.807, 2.05) is 13.8 Å². The molecule has 6 nitrogen and oxygen atoms in total. The Balaban J connectivity index is 0. The second-order valence-electron chi connectivity index (χ2n) is 3.97. The van der Waals surface area contributed by atoms with Gasteiger partial charge in [-0.05, 0) is 18.3 Å². The molecule has 0 heterocycles. The van der Waals surface area contributed by atoms with E-state index in [2.05, 4.69) is 34.2 Å². The Morgan fingerprint density at radius 2 is 1.62 bits per heavy atom. The first-order valence-electron chi connectivity index (χ1n) is 5.47. The van der Waals surface area contributed by atoms with Crippen molar-refractivity contribution in [2.75, 3.05) is 13.2 Å². The lowest BCUT2D eigenvalue weighted by Crippen LogP contribution is -1.99. The fourth-order valence-electron chi connectivity index (χ4n) is 0.601.